The number of halogens is 3. The highest BCUT2D eigenvalue weighted by Gasteiger charge is 2.60. The Kier molecular flexibility index (Phi) is 8.32. The number of rotatable bonds is 7. The van der Waals surface area contributed by atoms with Crippen molar-refractivity contribution >= 4 is 11.9 Å². The summed E-state index contributed by atoms with van der Waals surface area (Å²) >= 11 is 0. The van der Waals surface area contributed by atoms with E-state index in [-0.39, 0.29) is 13.0 Å². The van der Waals surface area contributed by atoms with Gasteiger partial charge in [0.2, 0.25) is 0 Å². The molecule has 0 heterocycles. The zero-order chi connectivity index (χ0) is 20.5. The molecule has 27 heavy (non-hydrogen) atoms. The van der Waals surface area contributed by atoms with Crippen molar-refractivity contribution in [1.82, 2.24) is 0 Å². The van der Waals surface area contributed by atoms with Crippen molar-refractivity contribution in [3.05, 3.63) is 35.9 Å². The van der Waals surface area contributed by atoms with Crippen LogP contribution in [0, 0.1) is 11.8 Å². The zero-order valence-corrected chi connectivity index (χ0v) is 15.0. The molecular formula is C19H21F3O5. The number of carbonyl (C=O) groups excluding carboxylic acids is 2. The Morgan fingerprint density at radius 1 is 1.22 bits per heavy atom. The van der Waals surface area contributed by atoms with E-state index < -0.39 is 29.8 Å². The van der Waals surface area contributed by atoms with Gasteiger partial charge in [0, 0.05) is 6.42 Å². The van der Waals surface area contributed by atoms with Gasteiger partial charge in [-0.2, -0.15) is 13.2 Å². The molecule has 0 aromatic heterocycles. The zero-order valence-electron chi connectivity index (χ0n) is 15.0. The van der Waals surface area contributed by atoms with Crippen LogP contribution in [-0.2, 0) is 14.3 Å². The van der Waals surface area contributed by atoms with Gasteiger partial charge in [0.15, 0.2) is 0 Å². The van der Waals surface area contributed by atoms with Crippen LogP contribution in [0.4, 0.5) is 13.2 Å². The molecule has 0 aliphatic rings. The molecule has 1 rings (SSSR count). The molecule has 0 unspecified atom stereocenters. The Hall–Kier alpha value is -2.53. The summed E-state index contributed by atoms with van der Waals surface area (Å²) in [4.78, 5) is 23.3. The van der Waals surface area contributed by atoms with Gasteiger partial charge in [0.25, 0.3) is 0 Å². The molecule has 0 saturated carbocycles. The fourth-order valence-corrected chi connectivity index (χ4v) is 2.03. The van der Waals surface area contributed by atoms with Crippen molar-refractivity contribution < 1.29 is 37.3 Å². The molecule has 1 aromatic carbocycles. The van der Waals surface area contributed by atoms with Gasteiger partial charge in [-0.05, 0) is 44.7 Å². The molecule has 5 nitrogen and oxygen atoms in total. The number of carbonyl (C=O) groups is 2. The van der Waals surface area contributed by atoms with Crippen LogP contribution in [0.3, 0.4) is 0 Å². The van der Waals surface area contributed by atoms with Gasteiger partial charge >= 0.3 is 23.7 Å². The Balaban J connectivity index is 2.54. The first-order chi connectivity index (χ1) is 12.6. The summed E-state index contributed by atoms with van der Waals surface area (Å²) in [6.07, 6.45) is -5.09. The van der Waals surface area contributed by atoms with Gasteiger partial charge in [-0.25, -0.2) is 9.59 Å². The Morgan fingerprint density at radius 2 is 1.85 bits per heavy atom. The van der Waals surface area contributed by atoms with Crippen molar-refractivity contribution in [2.45, 2.75) is 51.0 Å². The number of alkyl halides is 3. The number of aliphatic hydroxyl groups is 1. The number of unbranched alkanes of at least 4 members (excludes halogenated alkanes) is 1. The maximum Gasteiger partial charge on any atom is 0.440 e. The van der Waals surface area contributed by atoms with Crippen LogP contribution in [-0.4, -0.2) is 41.5 Å². The Morgan fingerprint density at radius 3 is 2.41 bits per heavy atom. The van der Waals surface area contributed by atoms with Crippen LogP contribution in [0.15, 0.2) is 30.3 Å². The first kappa shape index (κ1) is 22.5. The SMILES string of the molecule is CCOC(=O)[C@@](O)(C#CCCC[C@@H](C)OC(=O)c1ccccc1)C(F)(F)F. The second-order valence-electron chi connectivity index (χ2n) is 5.70. The van der Waals surface area contributed by atoms with Crippen LogP contribution in [0.25, 0.3) is 0 Å². The minimum absolute atomic E-state index is 0.0228. The minimum Gasteiger partial charge on any atom is -0.463 e. The van der Waals surface area contributed by atoms with Crippen LogP contribution >= 0.6 is 0 Å². The van der Waals surface area contributed by atoms with Gasteiger partial charge in [-0.3, -0.25) is 0 Å². The largest absolute Gasteiger partial charge is 0.463 e. The molecule has 0 fully saturated rings. The lowest BCUT2D eigenvalue weighted by Crippen LogP contribution is -2.52. The highest BCUT2D eigenvalue weighted by molar-refractivity contribution is 5.89. The summed E-state index contributed by atoms with van der Waals surface area (Å²) in [6, 6.07) is 8.36. The molecule has 0 amide bonds. The van der Waals surface area contributed by atoms with E-state index >= 15 is 0 Å². The predicted molar refractivity (Wildman–Crippen MR) is 90.6 cm³/mol. The fraction of sp³-hybridized carbons (Fsp3) is 0.474. The maximum absolute atomic E-state index is 12.9. The summed E-state index contributed by atoms with van der Waals surface area (Å²) in [7, 11) is 0. The lowest BCUT2D eigenvalue weighted by atomic mass is 10.0. The van der Waals surface area contributed by atoms with E-state index in [9.17, 15) is 27.9 Å². The van der Waals surface area contributed by atoms with Crippen LogP contribution in [0.1, 0.15) is 43.5 Å². The monoisotopic (exact) mass is 386 g/mol. The number of hydrogen-bond acceptors (Lipinski definition) is 5. The quantitative estimate of drug-likeness (QED) is 0.442. The van der Waals surface area contributed by atoms with E-state index in [1.807, 2.05) is 0 Å². The molecule has 0 saturated heterocycles. The fourth-order valence-electron chi connectivity index (χ4n) is 2.03. The Bertz CT molecular complexity index is 691. The van der Waals surface area contributed by atoms with Crippen molar-refractivity contribution in [3.8, 4) is 11.8 Å². The highest BCUT2D eigenvalue weighted by Crippen LogP contribution is 2.31. The molecule has 0 spiro atoms. The average Bonchev–Trinajstić information content (AvgIpc) is 2.61. The number of ether oxygens (including phenoxy) is 2. The third-order valence-electron chi connectivity index (χ3n) is 3.48. The summed E-state index contributed by atoms with van der Waals surface area (Å²) in [5.41, 5.74) is -3.46. The van der Waals surface area contributed by atoms with E-state index in [4.69, 9.17) is 4.74 Å². The standard InChI is InChI=1S/C19H21F3O5/c1-3-26-17(24)18(25,19(20,21)22)13-9-5-6-10-14(2)27-16(23)15-11-7-4-8-12-15/h4,7-8,11-12,14,25H,3,5-6,10H2,1-2H3/t14-,18+/m1/s1. The third kappa shape index (κ3) is 6.61. The first-order valence-electron chi connectivity index (χ1n) is 8.34. The topological polar surface area (TPSA) is 72.8 Å². The molecule has 8 heteroatoms. The van der Waals surface area contributed by atoms with E-state index in [0.29, 0.717) is 18.4 Å². The second-order valence-corrected chi connectivity index (χ2v) is 5.70. The van der Waals surface area contributed by atoms with Gasteiger partial charge in [0.05, 0.1) is 18.3 Å². The van der Waals surface area contributed by atoms with Crippen molar-refractivity contribution in [3.63, 3.8) is 0 Å². The van der Waals surface area contributed by atoms with Gasteiger partial charge in [-0.1, -0.05) is 24.1 Å². The van der Waals surface area contributed by atoms with E-state index in [1.165, 1.54) is 6.92 Å². The minimum atomic E-state index is -5.27. The third-order valence-corrected chi connectivity index (χ3v) is 3.48. The molecule has 0 bridgehead atoms. The molecule has 148 valence electrons. The van der Waals surface area contributed by atoms with Crippen LogP contribution in [0.5, 0.6) is 0 Å². The average molecular weight is 386 g/mol. The molecule has 1 N–H and O–H groups in total. The summed E-state index contributed by atoms with van der Waals surface area (Å²) in [5.74, 6) is 1.36. The maximum atomic E-state index is 12.9. The first-order valence-corrected chi connectivity index (χ1v) is 8.34. The lowest BCUT2D eigenvalue weighted by Gasteiger charge is -2.22. The van der Waals surface area contributed by atoms with E-state index in [0.717, 1.165) is 0 Å². The normalized spacial score (nSPS) is 14.3. The highest BCUT2D eigenvalue weighted by atomic mass is 19.4. The molecule has 1 aromatic rings. The van der Waals surface area contributed by atoms with E-state index in [2.05, 4.69) is 10.7 Å². The number of benzene rings is 1. The van der Waals surface area contributed by atoms with Crippen LogP contribution in [0.2, 0.25) is 0 Å². The lowest BCUT2D eigenvalue weighted by molar-refractivity contribution is -0.242. The predicted octanol–water partition coefficient (Wildman–Crippen LogP) is 3.26. The summed E-state index contributed by atoms with van der Waals surface area (Å²) < 4.78 is 48.2. The van der Waals surface area contributed by atoms with Crippen molar-refractivity contribution in [2.24, 2.45) is 0 Å². The molecule has 2 atom stereocenters. The van der Waals surface area contributed by atoms with Gasteiger partial charge in [-0.15, -0.1) is 0 Å². The van der Waals surface area contributed by atoms with Gasteiger partial charge in [0.1, 0.15) is 0 Å². The van der Waals surface area contributed by atoms with E-state index in [1.54, 1.807) is 43.2 Å². The van der Waals surface area contributed by atoms with Crippen molar-refractivity contribution in [1.29, 1.82) is 0 Å². The molecule has 0 aliphatic heterocycles. The number of esters is 2. The smallest absolute Gasteiger partial charge is 0.440 e. The summed E-state index contributed by atoms with van der Waals surface area (Å²) in [5, 5.41) is 9.56. The van der Waals surface area contributed by atoms with Crippen molar-refractivity contribution in [2.75, 3.05) is 6.61 Å². The molecule has 0 aliphatic carbocycles. The number of hydrogen-bond donors (Lipinski definition) is 1. The van der Waals surface area contributed by atoms with Crippen LogP contribution < -0.4 is 0 Å². The molecular weight excluding hydrogens is 365 g/mol. The van der Waals surface area contributed by atoms with Gasteiger partial charge < -0.3 is 14.6 Å². The molecule has 0 radical (unpaired) electrons. The Labute approximate surface area is 155 Å². The second kappa shape index (κ2) is 9.97. The summed E-state index contributed by atoms with van der Waals surface area (Å²) in [6.45, 7) is 2.66.